The van der Waals surface area contributed by atoms with Gasteiger partial charge in [-0.3, -0.25) is 5.10 Å². The van der Waals surface area contributed by atoms with Crippen molar-refractivity contribution in [2.45, 2.75) is 0 Å². The van der Waals surface area contributed by atoms with Crippen LogP contribution < -0.4 is 5.73 Å². The highest BCUT2D eigenvalue weighted by atomic mass is 15.1. The van der Waals surface area contributed by atoms with E-state index in [2.05, 4.69) is 10.2 Å². The predicted octanol–water partition coefficient (Wildman–Crippen LogP) is 1.10. The largest absolute Gasteiger partial charge is 0.382 e. The van der Waals surface area contributed by atoms with Gasteiger partial charge in [-0.05, 0) is 0 Å². The Morgan fingerprint density at radius 1 is 1.40 bits per heavy atom. The van der Waals surface area contributed by atoms with E-state index < -0.39 is 0 Å². The topological polar surface area (TPSA) is 54.7 Å². The molecule has 3 N–H and O–H groups in total. The Balaban J connectivity index is 2.80. The molecule has 10 heavy (non-hydrogen) atoms. The third-order valence-electron chi connectivity index (χ3n) is 1.53. The number of nitrogens with zero attached hydrogens (tertiary/aromatic N) is 1. The molecule has 0 amide bonds. The molecular weight excluding hydrogens is 126 g/mol. The number of anilines is 1. The Morgan fingerprint density at radius 3 is 3.10 bits per heavy atom. The SMILES string of the molecule is Nc1n[nH]cc2cccc1-2. The number of H-pyrrole nitrogens is 1. The second-order valence-corrected chi connectivity index (χ2v) is 2.17. The molecule has 0 aromatic heterocycles. The third-order valence-corrected chi connectivity index (χ3v) is 1.53. The molecule has 1 heterocycles. The normalized spacial score (nSPS) is 10.4. The number of aromatic nitrogens is 2. The fourth-order valence-electron chi connectivity index (χ4n) is 1.02. The van der Waals surface area contributed by atoms with Crippen LogP contribution in [0.1, 0.15) is 0 Å². The van der Waals surface area contributed by atoms with E-state index in [1.165, 1.54) is 0 Å². The molecule has 0 aromatic carbocycles. The van der Waals surface area contributed by atoms with Crippen molar-refractivity contribution >= 4 is 5.82 Å². The van der Waals surface area contributed by atoms with E-state index >= 15 is 0 Å². The zero-order valence-electron chi connectivity index (χ0n) is 5.33. The summed E-state index contributed by atoms with van der Waals surface area (Å²) in [5.41, 5.74) is 7.68. The van der Waals surface area contributed by atoms with Crippen molar-refractivity contribution in [2.75, 3.05) is 5.73 Å². The molecule has 3 heteroatoms. The van der Waals surface area contributed by atoms with Crippen molar-refractivity contribution in [3.63, 3.8) is 0 Å². The summed E-state index contributed by atoms with van der Waals surface area (Å²) in [5.74, 6) is 0.558. The van der Waals surface area contributed by atoms with E-state index in [1.807, 2.05) is 24.4 Å². The standard InChI is InChI=1S/C7H7N3/c8-7-6-3-1-2-5(6)4-9-10-7/h1-4,9H,(H2,8,10). The van der Waals surface area contributed by atoms with Gasteiger partial charge >= 0.3 is 0 Å². The monoisotopic (exact) mass is 133 g/mol. The van der Waals surface area contributed by atoms with Gasteiger partial charge in [-0.25, -0.2) is 0 Å². The molecule has 0 radical (unpaired) electrons. The van der Waals surface area contributed by atoms with Crippen molar-refractivity contribution in [2.24, 2.45) is 0 Å². The lowest BCUT2D eigenvalue weighted by molar-refractivity contribution is 1.05. The molecular formula is C7H7N3. The molecule has 2 rings (SSSR count). The lowest BCUT2D eigenvalue weighted by Crippen LogP contribution is -1.94. The first-order valence-electron chi connectivity index (χ1n) is 3.06. The van der Waals surface area contributed by atoms with Crippen LogP contribution in [0.2, 0.25) is 0 Å². The summed E-state index contributed by atoms with van der Waals surface area (Å²) in [4.78, 5) is 0. The highest BCUT2D eigenvalue weighted by molar-refractivity contribution is 5.74. The van der Waals surface area contributed by atoms with Crippen molar-refractivity contribution in [1.82, 2.24) is 10.2 Å². The highest BCUT2D eigenvalue weighted by Gasteiger charge is 2.04. The molecule has 1 aliphatic heterocycles. The maximum absolute atomic E-state index is 5.56. The zero-order chi connectivity index (χ0) is 6.97. The predicted molar refractivity (Wildman–Crippen MR) is 39.6 cm³/mol. The van der Waals surface area contributed by atoms with Crippen LogP contribution in [-0.2, 0) is 0 Å². The second-order valence-electron chi connectivity index (χ2n) is 2.17. The van der Waals surface area contributed by atoms with E-state index in [0.717, 1.165) is 11.1 Å². The minimum atomic E-state index is 0.558. The van der Waals surface area contributed by atoms with Crippen LogP contribution in [0.3, 0.4) is 0 Å². The van der Waals surface area contributed by atoms with Crippen molar-refractivity contribution in [3.05, 3.63) is 24.4 Å². The summed E-state index contributed by atoms with van der Waals surface area (Å²) < 4.78 is 0. The number of hydrogen-bond acceptors (Lipinski definition) is 2. The fourth-order valence-corrected chi connectivity index (χ4v) is 1.02. The first-order chi connectivity index (χ1) is 4.88. The average Bonchev–Trinajstić information content (AvgIpc) is 2.36. The molecule has 0 saturated heterocycles. The number of nitrogens with one attached hydrogen (secondary N) is 1. The molecule has 2 aliphatic rings. The average molecular weight is 133 g/mol. The fraction of sp³-hybridized carbons (Fsp3) is 0. The number of nitrogens with two attached hydrogens (primary N) is 1. The Morgan fingerprint density at radius 2 is 2.30 bits per heavy atom. The number of nitrogen functional groups attached to an aromatic ring is 1. The number of rotatable bonds is 0. The third kappa shape index (κ3) is 0.572. The molecule has 3 nitrogen and oxygen atoms in total. The van der Waals surface area contributed by atoms with Crippen molar-refractivity contribution < 1.29 is 0 Å². The van der Waals surface area contributed by atoms with Gasteiger partial charge in [0, 0.05) is 17.3 Å². The van der Waals surface area contributed by atoms with E-state index in [9.17, 15) is 0 Å². The van der Waals surface area contributed by atoms with Crippen LogP contribution >= 0.6 is 0 Å². The number of aromatic amines is 1. The summed E-state index contributed by atoms with van der Waals surface area (Å²) >= 11 is 0. The quantitative estimate of drug-likeness (QED) is 0.565. The van der Waals surface area contributed by atoms with Crippen LogP contribution in [0.15, 0.2) is 24.4 Å². The minimum Gasteiger partial charge on any atom is -0.382 e. The second kappa shape index (κ2) is 1.73. The van der Waals surface area contributed by atoms with Gasteiger partial charge in [-0.2, -0.15) is 5.10 Å². The van der Waals surface area contributed by atoms with Crippen LogP contribution in [0, 0.1) is 0 Å². The van der Waals surface area contributed by atoms with Gasteiger partial charge in [0.15, 0.2) is 5.82 Å². The molecule has 0 atom stereocenters. The molecule has 0 saturated carbocycles. The molecule has 0 spiro atoms. The maximum Gasteiger partial charge on any atom is 0.151 e. The molecule has 0 bridgehead atoms. The lowest BCUT2D eigenvalue weighted by Gasteiger charge is -1.98. The number of fused-ring (bicyclic) bond motifs is 1. The molecule has 0 unspecified atom stereocenters. The Bertz CT molecular complexity index is 313. The van der Waals surface area contributed by atoms with E-state index in [1.54, 1.807) is 0 Å². The summed E-state index contributed by atoms with van der Waals surface area (Å²) in [6, 6.07) is 5.89. The molecule has 0 fully saturated rings. The van der Waals surface area contributed by atoms with Crippen LogP contribution in [-0.4, -0.2) is 10.2 Å². The zero-order valence-corrected chi connectivity index (χ0v) is 5.33. The maximum atomic E-state index is 5.56. The highest BCUT2D eigenvalue weighted by Crippen LogP contribution is 2.24. The number of hydrogen-bond donors (Lipinski definition) is 2. The van der Waals surface area contributed by atoms with E-state index in [-0.39, 0.29) is 0 Å². The van der Waals surface area contributed by atoms with Gasteiger partial charge < -0.3 is 5.73 Å². The van der Waals surface area contributed by atoms with Crippen molar-refractivity contribution in [3.8, 4) is 11.1 Å². The minimum absolute atomic E-state index is 0.558. The first kappa shape index (κ1) is 5.29. The van der Waals surface area contributed by atoms with Gasteiger partial charge in [-0.15, -0.1) is 0 Å². The Hall–Kier alpha value is -1.51. The smallest absolute Gasteiger partial charge is 0.151 e. The first-order valence-corrected chi connectivity index (χ1v) is 3.06. The van der Waals surface area contributed by atoms with Gasteiger partial charge in [0.05, 0.1) is 0 Å². The van der Waals surface area contributed by atoms with Gasteiger partial charge in [0.25, 0.3) is 0 Å². The summed E-state index contributed by atoms with van der Waals surface area (Å²) in [5, 5.41) is 6.55. The molecule has 50 valence electrons. The van der Waals surface area contributed by atoms with Crippen LogP contribution in [0.4, 0.5) is 5.82 Å². The van der Waals surface area contributed by atoms with Crippen LogP contribution in [0.25, 0.3) is 11.1 Å². The van der Waals surface area contributed by atoms with Gasteiger partial charge in [0.2, 0.25) is 0 Å². The summed E-state index contributed by atoms with van der Waals surface area (Å²) in [7, 11) is 0. The van der Waals surface area contributed by atoms with E-state index in [0.29, 0.717) is 5.82 Å². The Labute approximate surface area is 58.2 Å². The van der Waals surface area contributed by atoms with Gasteiger partial charge in [-0.1, -0.05) is 18.2 Å². The Kier molecular flexibility index (Phi) is 0.917. The van der Waals surface area contributed by atoms with Gasteiger partial charge in [0.1, 0.15) is 0 Å². The summed E-state index contributed by atoms with van der Waals surface area (Å²) in [6.07, 6.45) is 1.83. The van der Waals surface area contributed by atoms with Crippen LogP contribution in [0.5, 0.6) is 0 Å². The molecule has 1 aliphatic carbocycles. The summed E-state index contributed by atoms with van der Waals surface area (Å²) in [6.45, 7) is 0. The molecule has 0 aromatic rings. The van der Waals surface area contributed by atoms with E-state index in [4.69, 9.17) is 5.73 Å². The van der Waals surface area contributed by atoms with Crippen molar-refractivity contribution in [1.29, 1.82) is 0 Å². The lowest BCUT2D eigenvalue weighted by atomic mass is 10.2.